The second kappa shape index (κ2) is 5.64. The molecular formula is C20H13N3O. The van der Waals surface area contributed by atoms with E-state index in [1.54, 1.807) is 0 Å². The summed E-state index contributed by atoms with van der Waals surface area (Å²) in [5, 5.41) is 14.7. The van der Waals surface area contributed by atoms with Crippen molar-refractivity contribution in [2.24, 2.45) is 0 Å². The van der Waals surface area contributed by atoms with Gasteiger partial charge < -0.3 is 4.52 Å². The molecule has 0 aliphatic heterocycles. The van der Waals surface area contributed by atoms with Gasteiger partial charge >= 0.3 is 0 Å². The lowest BCUT2D eigenvalue weighted by molar-refractivity contribution is 0.443. The largest absolute Gasteiger partial charge is 0.336 e. The number of hydrogen-bond acceptors (Lipinski definition) is 4. The first kappa shape index (κ1) is 14.2. The van der Waals surface area contributed by atoms with E-state index in [1.807, 2.05) is 67.6 Å². The number of rotatable bonds is 2. The first-order chi connectivity index (χ1) is 11.8. The van der Waals surface area contributed by atoms with E-state index in [0.29, 0.717) is 17.0 Å². The third-order valence-electron chi connectivity index (χ3n) is 4.02. The van der Waals surface area contributed by atoms with Crippen LogP contribution < -0.4 is 0 Å². The molecule has 0 saturated carbocycles. The summed E-state index contributed by atoms with van der Waals surface area (Å²) in [4.78, 5) is 4.57. The number of benzene rings is 2. The Labute approximate surface area is 139 Å². The summed E-state index contributed by atoms with van der Waals surface area (Å²) >= 11 is 0. The van der Waals surface area contributed by atoms with Crippen LogP contribution in [-0.2, 0) is 0 Å². The maximum Gasteiger partial charge on any atom is 0.259 e. The smallest absolute Gasteiger partial charge is 0.259 e. The van der Waals surface area contributed by atoms with Crippen molar-refractivity contribution in [2.75, 3.05) is 0 Å². The zero-order valence-corrected chi connectivity index (χ0v) is 13.0. The molecule has 0 amide bonds. The van der Waals surface area contributed by atoms with E-state index in [9.17, 15) is 5.26 Å². The number of hydrogen-bond donors (Lipinski definition) is 0. The maximum absolute atomic E-state index is 9.87. The quantitative estimate of drug-likeness (QED) is 0.536. The minimum Gasteiger partial charge on any atom is -0.336 e. The normalized spacial score (nSPS) is 10.7. The Morgan fingerprint density at radius 2 is 1.54 bits per heavy atom. The van der Waals surface area contributed by atoms with Crippen LogP contribution in [0.5, 0.6) is 0 Å². The molecule has 0 radical (unpaired) electrons. The summed E-state index contributed by atoms with van der Waals surface area (Å²) in [7, 11) is 0. The van der Waals surface area contributed by atoms with Gasteiger partial charge in [0.2, 0.25) is 0 Å². The minimum absolute atomic E-state index is 0.448. The van der Waals surface area contributed by atoms with E-state index >= 15 is 0 Å². The molecule has 0 saturated heterocycles. The molecule has 4 rings (SSSR count). The molecule has 4 aromatic rings. The Hall–Kier alpha value is -3.45. The Morgan fingerprint density at radius 3 is 2.17 bits per heavy atom. The summed E-state index contributed by atoms with van der Waals surface area (Å²) in [6.45, 7) is 1.86. The second-order valence-electron chi connectivity index (χ2n) is 5.50. The number of aryl methyl sites for hydroxylation is 1. The van der Waals surface area contributed by atoms with Crippen LogP contribution in [0.25, 0.3) is 33.5 Å². The molecule has 0 atom stereocenters. The fourth-order valence-corrected chi connectivity index (χ4v) is 2.93. The molecule has 4 heteroatoms. The van der Waals surface area contributed by atoms with Crippen molar-refractivity contribution < 1.29 is 4.52 Å². The molecule has 2 aromatic heterocycles. The van der Waals surface area contributed by atoms with Crippen molar-refractivity contribution in [1.82, 2.24) is 10.1 Å². The standard InChI is InChI=1S/C20H13N3O/c1-13-17-18(14-8-4-2-5-9-14)16(12-21)19(22-20(17)24-23-13)15-10-6-3-7-11-15/h2-11H,1H3. The molecule has 0 aliphatic rings. The predicted octanol–water partition coefficient (Wildman–Crippen LogP) is 4.74. The highest BCUT2D eigenvalue weighted by Gasteiger charge is 2.21. The third kappa shape index (κ3) is 2.15. The van der Waals surface area contributed by atoms with Crippen LogP contribution in [0.15, 0.2) is 65.2 Å². The molecule has 0 N–H and O–H groups in total. The van der Waals surface area contributed by atoms with Crippen molar-refractivity contribution in [2.45, 2.75) is 6.92 Å². The molecule has 2 heterocycles. The third-order valence-corrected chi connectivity index (χ3v) is 4.02. The molecule has 0 fully saturated rings. The van der Waals surface area contributed by atoms with Crippen LogP contribution in [0.1, 0.15) is 11.3 Å². The van der Waals surface area contributed by atoms with Gasteiger partial charge in [0.1, 0.15) is 6.07 Å². The van der Waals surface area contributed by atoms with Gasteiger partial charge in [0, 0.05) is 11.1 Å². The van der Waals surface area contributed by atoms with E-state index in [0.717, 1.165) is 27.8 Å². The molecule has 24 heavy (non-hydrogen) atoms. The highest BCUT2D eigenvalue weighted by atomic mass is 16.5. The lowest BCUT2D eigenvalue weighted by atomic mass is 9.93. The Bertz CT molecular complexity index is 1060. The lowest BCUT2D eigenvalue weighted by Crippen LogP contribution is -1.95. The first-order valence-corrected chi connectivity index (χ1v) is 7.60. The predicted molar refractivity (Wildman–Crippen MR) is 92.1 cm³/mol. The van der Waals surface area contributed by atoms with E-state index in [1.165, 1.54) is 0 Å². The highest BCUT2D eigenvalue weighted by molar-refractivity contribution is 5.99. The Morgan fingerprint density at radius 1 is 0.917 bits per heavy atom. The average Bonchev–Trinajstić information content (AvgIpc) is 3.02. The van der Waals surface area contributed by atoms with Crippen molar-refractivity contribution in [3.63, 3.8) is 0 Å². The monoisotopic (exact) mass is 311 g/mol. The fraction of sp³-hybridized carbons (Fsp3) is 0.0500. The zero-order chi connectivity index (χ0) is 16.5. The molecule has 2 aromatic carbocycles. The molecule has 0 aliphatic carbocycles. The molecule has 0 bridgehead atoms. The van der Waals surface area contributed by atoms with Gasteiger partial charge in [0.05, 0.1) is 22.3 Å². The van der Waals surface area contributed by atoms with Gasteiger partial charge in [-0.15, -0.1) is 0 Å². The van der Waals surface area contributed by atoms with E-state index in [4.69, 9.17) is 4.52 Å². The summed E-state index contributed by atoms with van der Waals surface area (Å²) < 4.78 is 5.40. The van der Waals surface area contributed by atoms with Gasteiger partial charge in [-0.25, -0.2) is 4.98 Å². The SMILES string of the molecule is Cc1noc2nc(-c3ccccc3)c(C#N)c(-c3ccccc3)c12. The van der Waals surface area contributed by atoms with Crippen molar-refractivity contribution in [1.29, 1.82) is 5.26 Å². The van der Waals surface area contributed by atoms with Crippen molar-refractivity contribution in [3.05, 3.63) is 71.9 Å². The van der Waals surface area contributed by atoms with Gasteiger partial charge in [0.15, 0.2) is 0 Å². The number of nitrogens with zero attached hydrogens (tertiary/aromatic N) is 3. The molecule has 0 spiro atoms. The van der Waals surface area contributed by atoms with Crippen LogP contribution in [0.4, 0.5) is 0 Å². The van der Waals surface area contributed by atoms with Gasteiger partial charge in [-0.3, -0.25) is 0 Å². The zero-order valence-electron chi connectivity index (χ0n) is 13.0. The van der Waals surface area contributed by atoms with Gasteiger partial charge in [-0.1, -0.05) is 65.8 Å². The van der Waals surface area contributed by atoms with Crippen LogP contribution in [0.2, 0.25) is 0 Å². The molecular weight excluding hydrogens is 298 g/mol. The highest BCUT2D eigenvalue weighted by Crippen LogP contribution is 2.37. The van der Waals surface area contributed by atoms with Crippen molar-refractivity contribution in [3.8, 4) is 28.5 Å². The number of fused-ring (bicyclic) bond motifs is 1. The first-order valence-electron chi connectivity index (χ1n) is 7.60. The van der Waals surface area contributed by atoms with Crippen LogP contribution in [0.3, 0.4) is 0 Å². The Kier molecular flexibility index (Phi) is 3.33. The lowest BCUT2D eigenvalue weighted by Gasteiger charge is -2.10. The number of pyridine rings is 1. The molecule has 0 unspecified atom stereocenters. The van der Waals surface area contributed by atoms with Gasteiger partial charge in [0.25, 0.3) is 5.71 Å². The molecule has 114 valence electrons. The average molecular weight is 311 g/mol. The second-order valence-corrected chi connectivity index (χ2v) is 5.50. The summed E-state index contributed by atoms with van der Waals surface area (Å²) in [5.74, 6) is 0. The molecule has 4 nitrogen and oxygen atoms in total. The van der Waals surface area contributed by atoms with Crippen LogP contribution >= 0.6 is 0 Å². The van der Waals surface area contributed by atoms with E-state index in [-0.39, 0.29) is 0 Å². The topological polar surface area (TPSA) is 62.7 Å². The van der Waals surface area contributed by atoms with E-state index in [2.05, 4.69) is 16.2 Å². The summed E-state index contributed by atoms with van der Waals surface area (Å²) in [5.41, 5.74) is 4.97. The van der Waals surface area contributed by atoms with Gasteiger partial charge in [-0.2, -0.15) is 5.26 Å². The Balaban J connectivity index is 2.16. The maximum atomic E-state index is 9.87. The fourth-order valence-electron chi connectivity index (χ4n) is 2.93. The minimum atomic E-state index is 0.448. The van der Waals surface area contributed by atoms with Crippen LogP contribution in [-0.4, -0.2) is 10.1 Å². The number of nitriles is 1. The summed E-state index contributed by atoms with van der Waals surface area (Å²) in [6.07, 6.45) is 0. The van der Waals surface area contributed by atoms with Crippen LogP contribution in [0, 0.1) is 18.3 Å². The summed E-state index contributed by atoms with van der Waals surface area (Å²) in [6, 6.07) is 21.8. The van der Waals surface area contributed by atoms with Crippen molar-refractivity contribution >= 4 is 11.1 Å². The van der Waals surface area contributed by atoms with Gasteiger partial charge in [-0.05, 0) is 12.5 Å². The number of aromatic nitrogens is 2. The van der Waals surface area contributed by atoms with E-state index < -0.39 is 0 Å².